The van der Waals surface area contributed by atoms with Gasteiger partial charge in [-0.3, -0.25) is 5.32 Å². The lowest BCUT2D eigenvalue weighted by Gasteiger charge is -2.08. The van der Waals surface area contributed by atoms with E-state index < -0.39 is 11.6 Å². The lowest BCUT2D eigenvalue weighted by Crippen LogP contribution is -2.30. The number of amides is 2. The number of aromatic nitrogens is 1. The molecule has 1 saturated carbocycles. The molecule has 3 N–H and O–H groups in total. The lowest BCUT2D eigenvalue weighted by atomic mass is 10.3. The highest BCUT2D eigenvalue weighted by atomic mass is 19.2. The van der Waals surface area contributed by atoms with Gasteiger partial charge in [-0.25, -0.2) is 18.6 Å². The van der Waals surface area contributed by atoms with Crippen molar-refractivity contribution in [1.29, 1.82) is 0 Å². The third kappa shape index (κ3) is 3.69. The van der Waals surface area contributed by atoms with Crippen molar-refractivity contribution in [3.05, 3.63) is 48.2 Å². The first-order valence-electron chi connectivity index (χ1n) is 6.86. The zero-order valence-electron chi connectivity index (χ0n) is 11.6. The van der Waals surface area contributed by atoms with Gasteiger partial charge in [0, 0.05) is 17.8 Å². The number of pyridine rings is 1. The van der Waals surface area contributed by atoms with Crippen LogP contribution in [0.25, 0.3) is 0 Å². The van der Waals surface area contributed by atoms with E-state index in [-0.39, 0.29) is 12.1 Å². The number of anilines is 3. The summed E-state index contributed by atoms with van der Waals surface area (Å²) in [6.45, 7) is 0. The number of benzene rings is 1. The number of hydrogen-bond donors (Lipinski definition) is 3. The molecule has 3 rings (SSSR count). The van der Waals surface area contributed by atoms with E-state index in [1.54, 1.807) is 12.1 Å². The van der Waals surface area contributed by atoms with Crippen LogP contribution in [0.4, 0.5) is 30.8 Å². The van der Waals surface area contributed by atoms with Crippen molar-refractivity contribution in [3.63, 3.8) is 0 Å². The Labute approximate surface area is 125 Å². The largest absolute Gasteiger partial charge is 0.354 e. The minimum absolute atomic E-state index is 0.273. The van der Waals surface area contributed by atoms with E-state index in [1.165, 1.54) is 12.3 Å². The van der Waals surface area contributed by atoms with E-state index in [0.29, 0.717) is 17.2 Å². The number of nitrogens with one attached hydrogen (secondary N) is 3. The summed E-state index contributed by atoms with van der Waals surface area (Å²) < 4.78 is 26.0. The quantitative estimate of drug-likeness (QED) is 0.811. The molecular weight excluding hydrogens is 290 g/mol. The molecule has 0 bridgehead atoms. The van der Waals surface area contributed by atoms with E-state index in [1.807, 2.05) is 0 Å². The monoisotopic (exact) mass is 304 g/mol. The molecule has 2 aromatic rings. The second-order valence-corrected chi connectivity index (χ2v) is 5.06. The van der Waals surface area contributed by atoms with E-state index >= 15 is 0 Å². The highest BCUT2D eigenvalue weighted by molar-refractivity contribution is 5.88. The van der Waals surface area contributed by atoms with Crippen LogP contribution in [-0.2, 0) is 0 Å². The fourth-order valence-electron chi connectivity index (χ4n) is 1.85. The number of nitrogens with zero attached hydrogens (tertiary/aromatic N) is 1. The Hall–Kier alpha value is -2.70. The van der Waals surface area contributed by atoms with E-state index in [9.17, 15) is 13.6 Å². The fraction of sp³-hybridized carbons (Fsp3) is 0.200. The zero-order chi connectivity index (χ0) is 15.5. The molecule has 0 unspecified atom stereocenters. The average molecular weight is 304 g/mol. The van der Waals surface area contributed by atoms with Crippen molar-refractivity contribution in [2.45, 2.75) is 18.9 Å². The van der Waals surface area contributed by atoms with Gasteiger partial charge in [0.15, 0.2) is 11.6 Å². The fourth-order valence-corrected chi connectivity index (χ4v) is 1.85. The van der Waals surface area contributed by atoms with Gasteiger partial charge in [-0.05, 0) is 37.1 Å². The number of rotatable bonds is 4. The Morgan fingerprint density at radius 3 is 2.50 bits per heavy atom. The predicted molar refractivity (Wildman–Crippen MR) is 79.1 cm³/mol. The molecule has 114 valence electrons. The number of urea groups is 1. The van der Waals surface area contributed by atoms with Gasteiger partial charge < -0.3 is 10.6 Å². The standard InChI is InChI=1S/C15H14F2N4O/c16-12-5-3-10(7-13(12)17)19-11-4-6-14(18-8-11)21-15(22)20-9-1-2-9/h3-9,19H,1-2H2,(H2,18,20,21,22). The lowest BCUT2D eigenvalue weighted by molar-refractivity contribution is 0.251. The van der Waals surface area contributed by atoms with Gasteiger partial charge in [0.05, 0.1) is 11.9 Å². The highest BCUT2D eigenvalue weighted by Crippen LogP contribution is 2.20. The van der Waals surface area contributed by atoms with Crippen molar-refractivity contribution >= 4 is 23.2 Å². The maximum Gasteiger partial charge on any atom is 0.320 e. The maximum atomic E-state index is 13.1. The van der Waals surface area contributed by atoms with Crippen LogP contribution in [0.3, 0.4) is 0 Å². The number of carbonyl (C=O) groups excluding carboxylic acids is 1. The summed E-state index contributed by atoms with van der Waals surface area (Å²) in [5, 5.41) is 8.31. The summed E-state index contributed by atoms with van der Waals surface area (Å²) in [7, 11) is 0. The van der Waals surface area contributed by atoms with Crippen LogP contribution in [0.2, 0.25) is 0 Å². The van der Waals surface area contributed by atoms with Crippen molar-refractivity contribution in [2.24, 2.45) is 0 Å². The van der Waals surface area contributed by atoms with Crippen LogP contribution in [0.1, 0.15) is 12.8 Å². The normalized spacial score (nSPS) is 13.5. The molecular formula is C15H14F2N4O. The molecule has 22 heavy (non-hydrogen) atoms. The Morgan fingerprint density at radius 2 is 1.86 bits per heavy atom. The Kier molecular flexibility index (Phi) is 3.86. The Bertz CT molecular complexity index is 686. The van der Waals surface area contributed by atoms with Crippen LogP contribution in [0.15, 0.2) is 36.5 Å². The van der Waals surface area contributed by atoms with Gasteiger partial charge >= 0.3 is 6.03 Å². The first-order valence-corrected chi connectivity index (χ1v) is 6.86. The minimum atomic E-state index is -0.923. The molecule has 0 aliphatic heterocycles. The number of halogens is 2. The SMILES string of the molecule is O=C(Nc1ccc(Nc2ccc(F)c(F)c2)cn1)NC1CC1. The second kappa shape index (κ2) is 5.97. The van der Waals surface area contributed by atoms with Crippen molar-refractivity contribution in [1.82, 2.24) is 10.3 Å². The van der Waals surface area contributed by atoms with Crippen LogP contribution in [-0.4, -0.2) is 17.1 Å². The Balaban J connectivity index is 1.60. The molecule has 1 aromatic heterocycles. The maximum absolute atomic E-state index is 13.1. The number of carbonyl (C=O) groups is 1. The van der Waals surface area contributed by atoms with Gasteiger partial charge in [-0.15, -0.1) is 0 Å². The van der Waals surface area contributed by atoms with Crippen LogP contribution in [0, 0.1) is 11.6 Å². The van der Waals surface area contributed by atoms with E-state index in [0.717, 1.165) is 25.0 Å². The molecule has 1 aromatic carbocycles. The van der Waals surface area contributed by atoms with Gasteiger partial charge in [-0.2, -0.15) is 0 Å². The van der Waals surface area contributed by atoms with Crippen molar-refractivity contribution in [2.75, 3.05) is 10.6 Å². The summed E-state index contributed by atoms with van der Waals surface area (Å²) in [5.41, 5.74) is 1.01. The van der Waals surface area contributed by atoms with Crippen molar-refractivity contribution in [3.8, 4) is 0 Å². The number of hydrogen-bond acceptors (Lipinski definition) is 3. The van der Waals surface area contributed by atoms with Crippen molar-refractivity contribution < 1.29 is 13.6 Å². The van der Waals surface area contributed by atoms with Gasteiger partial charge in [0.2, 0.25) is 0 Å². The summed E-state index contributed by atoms with van der Waals surface area (Å²) in [6, 6.07) is 6.82. The molecule has 5 nitrogen and oxygen atoms in total. The molecule has 2 amide bonds. The average Bonchev–Trinajstić information content (AvgIpc) is 3.29. The summed E-state index contributed by atoms with van der Waals surface area (Å²) in [5.74, 6) is -1.41. The first-order chi connectivity index (χ1) is 10.6. The van der Waals surface area contributed by atoms with Gasteiger partial charge in [0.25, 0.3) is 0 Å². The molecule has 1 fully saturated rings. The second-order valence-electron chi connectivity index (χ2n) is 5.06. The zero-order valence-corrected chi connectivity index (χ0v) is 11.6. The van der Waals surface area contributed by atoms with Crippen LogP contribution >= 0.6 is 0 Å². The van der Waals surface area contributed by atoms with Gasteiger partial charge in [0.1, 0.15) is 5.82 Å². The smallest absolute Gasteiger partial charge is 0.320 e. The van der Waals surface area contributed by atoms with E-state index in [2.05, 4.69) is 20.9 Å². The molecule has 1 heterocycles. The summed E-state index contributed by atoms with van der Waals surface area (Å²) in [4.78, 5) is 15.6. The predicted octanol–water partition coefficient (Wildman–Crippen LogP) is 3.39. The molecule has 7 heteroatoms. The minimum Gasteiger partial charge on any atom is -0.354 e. The Morgan fingerprint density at radius 1 is 1.09 bits per heavy atom. The van der Waals surface area contributed by atoms with Crippen LogP contribution in [0.5, 0.6) is 0 Å². The molecule has 1 aliphatic rings. The van der Waals surface area contributed by atoms with Gasteiger partial charge in [-0.1, -0.05) is 0 Å². The molecule has 0 spiro atoms. The molecule has 0 saturated heterocycles. The van der Waals surface area contributed by atoms with E-state index in [4.69, 9.17) is 0 Å². The molecule has 1 aliphatic carbocycles. The first kappa shape index (κ1) is 14.2. The summed E-state index contributed by atoms with van der Waals surface area (Å²) in [6.07, 6.45) is 3.52. The molecule has 0 radical (unpaired) electrons. The third-order valence-corrected chi connectivity index (χ3v) is 3.13. The topological polar surface area (TPSA) is 66.0 Å². The third-order valence-electron chi connectivity index (χ3n) is 3.13. The summed E-state index contributed by atoms with van der Waals surface area (Å²) >= 11 is 0. The highest BCUT2D eigenvalue weighted by Gasteiger charge is 2.23. The molecule has 0 atom stereocenters. The van der Waals surface area contributed by atoms with Crippen LogP contribution < -0.4 is 16.0 Å².